The Bertz CT molecular complexity index is 527. The second-order valence-electron chi connectivity index (χ2n) is 5.75. The van der Waals surface area contributed by atoms with E-state index in [-0.39, 0.29) is 11.2 Å². The number of nitrogens with zero attached hydrogens (tertiary/aromatic N) is 1. The SMILES string of the molecule is CCOC1(c2nc3c(c(=O)[nH]2)CCNC3)CCCCC1. The van der Waals surface area contributed by atoms with Crippen molar-refractivity contribution < 1.29 is 4.74 Å². The Morgan fingerprint density at radius 2 is 2.10 bits per heavy atom. The van der Waals surface area contributed by atoms with Gasteiger partial charge in [0, 0.05) is 18.7 Å². The zero-order valence-electron chi connectivity index (χ0n) is 12.1. The van der Waals surface area contributed by atoms with Gasteiger partial charge in [0.25, 0.3) is 5.56 Å². The summed E-state index contributed by atoms with van der Waals surface area (Å²) in [6.07, 6.45) is 6.19. The summed E-state index contributed by atoms with van der Waals surface area (Å²) in [4.78, 5) is 20.1. The van der Waals surface area contributed by atoms with Crippen molar-refractivity contribution >= 4 is 0 Å². The van der Waals surface area contributed by atoms with Crippen LogP contribution in [0.4, 0.5) is 0 Å². The largest absolute Gasteiger partial charge is 0.367 e. The number of hydrogen-bond donors (Lipinski definition) is 2. The maximum atomic E-state index is 12.3. The molecule has 0 amide bonds. The smallest absolute Gasteiger partial charge is 0.254 e. The van der Waals surface area contributed by atoms with Crippen molar-refractivity contribution in [2.24, 2.45) is 0 Å². The molecule has 0 unspecified atom stereocenters. The molecule has 0 aromatic carbocycles. The van der Waals surface area contributed by atoms with E-state index in [1.54, 1.807) is 0 Å². The molecule has 1 aliphatic heterocycles. The van der Waals surface area contributed by atoms with Crippen LogP contribution in [0.15, 0.2) is 4.79 Å². The molecule has 3 rings (SSSR count). The Morgan fingerprint density at radius 3 is 2.85 bits per heavy atom. The Hall–Kier alpha value is -1.20. The molecule has 0 spiro atoms. The minimum Gasteiger partial charge on any atom is -0.367 e. The van der Waals surface area contributed by atoms with Gasteiger partial charge in [0.2, 0.25) is 0 Å². The average Bonchev–Trinajstić information content (AvgIpc) is 2.48. The fourth-order valence-electron chi connectivity index (χ4n) is 3.43. The van der Waals surface area contributed by atoms with Gasteiger partial charge in [-0.05, 0) is 32.7 Å². The highest BCUT2D eigenvalue weighted by Gasteiger charge is 2.37. The van der Waals surface area contributed by atoms with E-state index < -0.39 is 0 Å². The Labute approximate surface area is 119 Å². The molecule has 0 saturated heterocycles. The number of aromatic nitrogens is 2. The molecule has 1 aliphatic carbocycles. The normalized spacial score (nSPS) is 21.4. The number of aromatic amines is 1. The number of fused-ring (bicyclic) bond motifs is 1. The van der Waals surface area contributed by atoms with Gasteiger partial charge in [0.15, 0.2) is 0 Å². The monoisotopic (exact) mass is 277 g/mol. The van der Waals surface area contributed by atoms with E-state index in [4.69, 9.17) is 9.72 Å². The molecule has 2 aliphatic rings. The van der Waals surface area contributed by atoms with Gasteiger partial charge in [0.05, 0.1) is 5.69 Å². The number of rotatable bonds is 3. The van der Waals surface area contributed by atoms with Crippen molar-refractivity contribution in [1.29, 1.82) is 0 Å². The average molecular weight is 277 g/mol. The van der Waals surface area contributed by atoms with Gasteiger partial charge in [-0.1, -0.05) is 19.3 Å². The zero-order chi connectivity index (χ0) is 14.0. The molecule has 1 aromatic rings. The molecule has 0 radical (unpaired) electrons. The van der Waals surface area contributed by atoms with E-state index in [0.29, 0.717) is 13.2 Å². The zero-order valence-corrected chi connectivity index (χ0v) is 12.1. The molecule has 0 bridgehead atoms. The van der Waals surface area contributed by atoms with Crippen molar-refractivity contribution in [3.8, 4) is 0 Å². The predicted octanol–water partition coefficient (Wildman–Crippen LogP) is 1.61. The minimum atomic E-state index is -0.376. The van der Waals surface area contributed by atoms with Crippen LogP contribution in [0.25, 0.3) is 0 Å². The fourth-order valence-corrected chi connectivity index (χ4v) is 3.43. The van der Waals surface area contributed by atoms with Crippen molar-refractivity contribution in [3.05, 3.63) is 27.4 Å². The van der Waals surface area contributed by atoms with Crippen molar-refractivity contribution in [1.82, 2.24) is 15.3 Å². The van der Waals surface area contributed by atoms with Gasteiger partial charge in [0.1, 0.15) is 11.4 Å². The molecule has 20 heavy (non-hydrogen) atoms. The number of nitrogens with one attached hydrogen (secondary N) is 2. The molecule has 0 atom stereocenters. The third-order valence-corrected chi connectivity index (χ3v) is 4.46. The van der Waals surface area contributed by atoms with Crippen LogP contribution >= 0.6 is 0 Å². The van der Waals surface area contributed by atoms with E-state index in [0.717, 1.165) is 55.7 Å². The third kappa shape index (κ3) is 2.40. The Kier molecular flexibility index (Phi) is 3.89. The van der Waals surface area contributed by atoms with Gasteiger partial charge in [-0.3, -0.25) is 4.79 Å². The van der Waals surface area contributed by atoms with Crippen LogP contribution in [-0.2, 0) is 23.3 Å². The molecule has 110 valence electrons. The molecule has 2 N–H and O–H groups in total. The predicted molar refractivity (Wildman–Crippen MR) is 76.7 cm³/mol. The lowest BCUT2D eigenvalue weighted by atomic mass is 9.83. The van der Waals surface area contributed by atoms with Crippen LogP contribution in [0.5, 0.6) is 0 Å². The summed E-state index contributed by atoms with van der Waals surface area (Å²) in [6.45, 7) is 4.20. The van der Waals surface area contributed by atoms with Crippen LogP contribution in [0, 0.1) is 0 Å². The summed E-state index contributed by atoms with van der Waals surface area (Å²) in [6, 6.07) is 0. The van der Waals surface area contributed by atoms with Gasteiger partial charge < -0.3 is 15.0 Å². The van der Waals surface area contributed by atoms with E-state index in [1.807, 2.05) is 6.92 Å². The second-order valence-corrected chi connectivity index (χ2v) is 5.75. The molecule has 2 heterocycles. The van der Waals surface area contributed by atoms with Crippen LogP contribution in [0.2, 0.25) is 0 Å². The maximum Gasteiger partial charge on any atom is 0.254 e. The molecule has 5 heteroatoms. The molecule has 1 fully saturated rings. The highest BCUT2D eigenvalue weighted by molar-refractivity contribution is 5.22. The van der Waals surface area contributed by atoms with Gasteiger partial charge >= 0.3 is 0 Å². The summed E-state index contributed by atoms with van der Waals surface area (Å²) in [7, 11) is 0. The van der Waals surface area contributed by atoms with E-state index >= 15 is 0 Å². The third-order valence-electron chi connectivity index (χ3n) is 4.46. The summed E-state index contributed by atoms with van der Waals surface area (Å²) < 4.78 is 6.05. The first-order valence-corrected chi connectivity index (χ1v) is 7.72. The van der Waals surface area contributed by atoms with Gasteiger partial charge in [-0.15, -0.1) is 0 Å². The van der Waals surface area contributed by atoms with Crippen molar-refractivity contribution in [2.75, 3.05) is 13.2 Å². The van der Waals surface area contributed by atoms with Crippen LogP contribution in [-0.4, -0.2) is 23.1 Å². The van der Waals surface area contributed by atoms with E-state index in [1.165, 1.54) is 6.42 Å². The summed E-state index contributed by atoms with van der Waals surface area (Å²) in [5.41, 5.74) is 1.39. The standard InChI is InChI=1S/C15H23N3O2/c1-2-20-15(7-4-3-5-8-15)14-17-12-10-16-9-6-11(12)13(19)18-14/h16H,2-10H2,1H3,(H,17,18,19). The number of ether oxygens (including phenoxy) is 1. The molecule has 1 aromatic heterocycles. The quantitative estimate of drug-likeness (QED) is 0.881. The molecular formula is C15H23N3O2. The van der Waals surface area contributed by atoms with Crippen LogP contribution in [0.3, 0.4) is 0 Å². The summed E-state index contributed by atoms with van der Waals surface area (Å²) >= 11 is 0. The fraction of sp³-hybridized carbons (Fsp3) is 0.733. The van der Waals surface area contributed by atoms with Gasteiger partial charge in [-0.2, -0.15) is 0 Å². The summed E-state index contributed by atoms with van der Waals surface area (Å²) in [5.74, 6) is 0.742. The molecular weight excluding hydrogens is 254 g/mol. The first-order valence-electron chi connectivity index (χ1n) is 7.72. The first kappa shape index (κ1) is 13.8. The second kappa shape index (κ2) is 5.66. The van der Waals surface area contributed by atoms with E-state index in [2.05, 4.69) is 10.3 Å². The lowest BCUT2D eigenvalue weighted by Gasteiger charge is -2.36. The first-order chi connectivity index (χ1) is 9.75. The van der Waals surface area contributed by atoms with Crippen molar-refractivity contribution in [3.63, 3.8) is 0 Å². The Morgan fingerprint density at radius 1 is 1.30 bits per heavy atom. The van der Waals surface area contributed by atoms with Crippen LogP contribution in [0.1, 0.15) is 56.1 Å². The number of H-pyrrole nitrogens is 1. The molecule has 1 saturated carbocycles. The highest BCUT2D eigenvalue weighted by Crippen LogP contribution is 2.38. The summed E-state index contributed by atoms with van der Waals surface area (Å²) in [5, 5.41) is 3.29. The molecule has 5 nitrogen and oxygen atoms in total. The topological polar surface area (TPSA) is 67.0 Å². The van der Waals surface area contributed by atoms with Crippen LogP contribution < -0.4 is 10.9 Å². The highest BCUT2D eigenvalue weighted by atomic mass is 16.5. The lowest BCUT2D eigenvalue weighted by molar-refractivity contribution is -0.0770. The van der Waals surface area contributed by atoms with Crippen molar-refractivity contribution in [2.45, 2.75) is 57.6 Å². The maximum absolute atomic E-state index is 12.3. The minimum absolute atomic E-state index is 0.0242. The lowest BCUT2D eigenvalue weighted by Crippen LogP contribution is -2.39. The Balaban J connectivity index is 2.03. The van der Waals surface area contributed by atoms with Gasteiger partial charge in [-0.25, -0.2) is 4.98 Å². The van der Waals surface area contributed by atoms with E-state index in [9.17, 15) is 4.79 Å². The number of hydrogen-bond acceptors (Lipinski definition) is 4.